The van der Waals surface area contributed by atoms with Gasteiger partial charge in [-0.15, -0.1) is 0 Å². The molecule has 0 aliphatic carbocycles. The predicted octanol–water partition coefficient (Wildman–Crippen LogP) is 7.61. The molecule has 0 fully saturated rings. The van der Waals surface area contributed by atoms with Crippen LogP contribution < -0.4 is 10.3 Å². The topological polar surface area (TPSA) is 69.6 Å². The van der Waals surface area contributed by atoms with Crippen LogP contribution in [0.15, 0.2) is 81.0 Å². The SMILES string of the molecule is COc1cc(C)c(-c2nc3ccccc3c(=O)n2N=Cc2ccc(-c3cc(Cl)ccc3C)o2)cc1C(C)C. The quantitative estimate of drug-likeness (QED) is 0.214. The van der Waals surface area contributed by atoms with E-state index in [1.807, 2.05) is 74.5 Å². The first-order valence-electron chi connectivity index (χ1n) is 12.4. The minimum atomic E-state index is -0.263. The smallest absolute Gasteiger partial charge is 0.282 e. The normalized spacial score (nSPS) is 11.7. The van der Waals surface area contributed by atoms with Crippen molar-refractivity contribution in [3.63, 3.8) is 0 Å². The Kier molecular flexibility index (Phi) is 6.91. The molecule has 0 atom stereocenters. The number of hydrogen-bond donors (Lipinski definition) is 0. The Hall–Kier alpha value is -4.16. The van der Waals surface area contributed by atoms with Crippen LogP contribution in [0.25, 0.3) is 33.6 Å². The number of ether oxygens (including phenoxy) is 1. The van der Waals surface area contributed by atoms with Gasteiger partial charge in [0.05, 0.1) is 24.2 Å². The fourth-order valence-electron chi connectivity index (χ4n) is 4.51. The Labute approximate surface area is 226 Å². The van der Waals surface area contributed by atoms with E-state index in [0.29, 0.717) is 33.3 Å². The lowest BCUT2D eigenvalue weighted by molar-refractivity contribution is 0.407. The molecule has 0 saturated heterocycles. The zero-order valence-corrected chi connectivity index (χ0v) is 22.7. The van der Waals surface area contributed by atoms with Crippen molar-refractivity contribution < 1.29 is 9.15 Å². The number of nitrogens with zero attached hydrogens (tertiary/aromatic N) is 3. The number of aryl methyl sites for hydroxylation is 2. The van der Waals surface area contributed by atoms with E-state index >= 15 is 0 Å². The highest BCUT2D eigenvalue weighted by Crippen LogP contribution is 2.34. The van der Waals surface area contributed by atoms with Gasteiger partial charge in [0.2, 0.25) is 0 Å². The van der Waals surface area contributed by atoms with Gasteiger partial charge in [0.1, 0.15) is 17.3 Å². The minimum Gasteiger partial charge on any atom is -0.496 e. The monoisotopic (exact) mass is 525 g/mol. The number of benzene rings is 3. The summed E-state index contributed by atoms with van der Waals surface area (Å²) in [6, 6.07) is 20.6. The summed E-state index contributed by atoms with van der Waals surface area (Å²) >= 11 is 6.20. The van der Waals surface area contributed by atoms with E-state index in [1.165, 1.54) is 10.9 Å². The summed E-state index contributed by atoms with van der Waals surface area (Å²) in [6.07, 6.45) is 1.53. The molecule has 5 rings (SSSR count). The predicted molar refractivity (Wildman–Crippen MR) is 154 cm³/mol. The first-order valence-corrected chi connectivity index (χ1v) is 12.8. The van der Waals surface area contributed by atoms with E-state index < -0.39 is 0 Å². The molecule has 0 spiro atoms. The molecule has 6 nitrogen and oxygen atoms in total. The second-order valence-electron chi connectivity index (χ2n) is 9.54. The Morgan fingerprint density at radius 3 is 2.55 bits per heavy atom. The number of aromatic nitrogens is 2. The van der Waals surface area contributed by atoms with Gasteiger partial charge in [0.25, 0.3) is 5.56 Å². The number of halogens is 1. The Bertz CT molecular complexity index is 1750. The molecule has 0 saturated carbocycles. The van der Waals surface area contributed by atoms with Gasteiger partial charge < -0.3 is 9.15 Å². The fourth-order valence-corrected chi connectivity index (χ4v) is 4.69. The van der Waals surface area contributed by atoms with Crippen molar-refractivity contribution >= 4 is 28.7 Å². The number of fused-ring (bicyclic) bond motifs is 1. The highest BCUT2D eigenvalue weighted by atomic mass is 35.5. The second-order valence-corrected chi connectivity index (χ2v) is 9.98. The Balaban J connectivity index is 1.66. The van der Waals surface area contributed by atoms with Crippen LogP contribution in [0.4, 0.5) is 0 Å². The largest absolute Gasteiger partial charge is 0.496 e. The molecule has 0 amide bonds. The van der Waals surface area contributed by atoms with Gasteiger partial charge in [0.15, 0.2) is 5.82 Å². The Morgan fingerprint density at radius 1 is 1.00 bits per heavy atom. The Morgan fingerprint density at radius 2 is 1.79 bits per heavy atom. The van der Waals surface area contributed by atoms with Crippen molar-refractivity contribution in [1.82, 2.24) is 9.66 Å². The van der Waals surface area contributed by atoms with Gasteiger partial charge in [-0.2, -0.15) is 9.78 Å². The number of methoxy groups -OCH3 is 1. The highest BCUT2D eigenvalue weighted by Gasteiger charge is 2.18. The summed E-state index contributed by atoms with van der Waals surface area (Å²) in [7, 11) is 1.66. The third-order valence-corrected chi connectivity index (χ3v) is 6.82. The van der Waals surface area contributed by atoms with Crippen LogP contribution in [0.5, 0.6) is 5.75 Å². The van der Waals surface area contributed by atoms with Crippen molar-refractivity contribution in [2.75, 3.05) is 7.11 Å². The van der Waals surface area contributed by atoms with Crippen LogP contribution in [0.2, 0.25) is 5.02 Å². The number of rotatable bonds is 6. The van der Waals surface area contributed by atoms with Gasteiger partial charge in [-0.1, -0.05) is 43.6 Å². The maximum atomic E-state index is 13.6. The molecule has 0 unspecified atom stereocenters. The van der Waals surface area contributed by atoms with Gasteiger partial charge in [-0.25, -0.2) is 4.98 Å². The lowest BCUT2D eigenvalue weighted by atomic mass is 9.96. The van der Waals surface area contributed by atoms with E-state index in [1.54, 1.807) is 13.2 Å². The van der Waals surface area contributed by atoms with Gasteiger partial charge in [0, 0.05) is 16.1 Å². The van der Waals surface area contributed by atoms with Crippen molar-refractivity contribution in [1.29, 1.82) is 0 Å². The summed E-state index contributed by atoms with van der Waals surface area (Å²) in [4.78, 5) is 18.5. The number of hydrogen-bond acceptors (Lipinski definition) is 5. The van der Waals surface area contributed by atoms with Crippen molar-refractivity contribution in [3.05, 3.63) is 105 Å². The van der Waals surface area contributed by atoms with Crippen molar-refractivity contribution in [2.45, 2.75) is 33.6 Å². The third-order valence-electron chi connectivity index (χ3n) is 6.59. The molecule has 0 bridgehead atoms. The maximum absolute atomic E-state index is 13.6. The zero-order valence-electron chi connectivity index (χ0n) is 21.9. The average molecular weight is 526 g/mol. The second kappa shape index (κ2) is 10.3. The van der Waals surface area contributed by atoms with Gasteiger partial charge in [-0.05, 0) is 85.0 Å². The molecule has 38 heavy (non-hydrogen) atoms. The molecular weight excluding hydrogens is 498 g/mol. The summed E-state index contributed by atoms with van der Waals surface area (Å²) < 4.78 is 13.0. The number of furan rings is 1. The van der Waals surface area contributed by atoms with Gasteiger partial charge in [-0.3, -0.25) is 4.79 Å². The van der Waals surface area contributed by atoms with Crippen LogP contribution in [0, 0.1) is 13.8 Å². The summed E-state index contributed by atoms with van der Waals surface area (Å²) in [5.74, 6) is 2.64. The zero-order chi connectivity index (χ0) is 27.0. The standard InChI is InChI=1S/C31H28ClN3O3/c1-18(2)24-16-26(20(4)14-29(24)37-5)30-34-27-9-7-6-8-23(27)31(36)35(30)33-17-22-12-13-28(38-22)25-15-21(32)11-10-19(25)3/h6-18H,1-5H3. The first-order chi connectivity index (χ1) is 18.3. The molecule has 5 aromatic rings. The first kappa shape index (κ1) is 25.5. The van der Waals surface area contributed by atoms with Gasteiger partial charge >= 0.3 is 0 Å². The van der Waals surface area contributed by atoms with E-state index in [0.717, 1.165) is 33.6 Å². The lowest BCUT2D eigenvalue weighted by Gasteiger charge is -2.17. The molecule has 0 aliphatic rings. The minimum absolute atomic E-state index is 0.213. The molecule has 7 heteroatoms. The van der Waals surface area contributed by atoms with Crippen LogP contribution in [0.3, 0.4) is 0 Å². The van der Waals surface area contributed by atoms with Crippen LogP contribution in [-0.2, 0) is 0 Å². The van der Waals surface area contributed by atoms with E-state index in [2.05, 4.69) is 18.9 Å². The van der Waals surface area contributed by atoms with Crippen LogP contribution >= 0.6 is 11.6 Å². The van der Waals surface area contributed by atoms with Crippen molar-refractivity contribution in [2.24, 2.45) is 5.10 Å². The van der Waals surface area contributed by atoms with Crippen molar-refractivity contribution in [3.8, 4) is 28.5 Å². The molecule has 2 aromatic heterocycles. The van der Waals surface area contributed by atoms with Crippen LogP contribution in [0.1, 0.15) is 42.2 Å². The van der Waals surface area contributed by atoms with E-state index in [9.17, 15) is 4.79 Å². The molecular formula is C31H28ClN3O3. The average Bonchev–Trinajstić information content (AvgIpc) is 3.38. The van der Waals surface area contributed by atoms with Crippen LogP contribution in [-0.4, -0.2) is 23.0 Å². The third kappa shape index (κ3) is 4.75. The molecule has 192 valence electrons. The highest BCUT2D eigenvalue weighted by molar-refractivity contribution is 6.30. The molecule has 2 heterocycles. The fraction of sp³-hybridized carbons (Fsp3) is 0.194. The molecule has 0 radical (unpaired) electrons. The molecule has 0 N–H and O–H groups in total. The summed E-state index contributed by atoms with van der Waals surface area (Å²) in [5, 5.41) is 5.69. The maximum Gasteiger partial charge on any atom is 0.282 e. The number of para-hydroxylation sites is 1. The lowest BCUT2D eigenvalue weighted by Crippen LogP contribution is -2.20. The van der Waals surface area contributed by atoms with E-state index in [4.69, 9.17) is 25.7 Å². The molecule has 3 aromatic carbocycles. The van der Waals surface area contributed by atoms with E-state index in [-0.39, 0.29) is 11.5 Å². The summed E-state index contributed by atoms with van der Waals surface area (Å²) in [5.41, 5.74) is 5.05. The molecule has 0 aliphatic heterocycles. The summed E-state index contributed by atoms with van der Waals surface area (Å²) in [6.45, 7) is 8.18.